The highest BCUT2D eigenvalue weighted by atomic mass is 16.2. The molecule has 156 valence electrons. The lowest BCUT2D eigenvalue weighted by atomic mass is 9.93. The number of hydrogen-bond donors (Lipinski definition) is 1. The molecule has 30 heavy (non-hydrogen) atoms. The van der Waals surface area contributed by atoms with Crippen molar-refractivity contribution in [2.75, 3.05) is 25.0 Å². The number of benzene rings is 1. The number of amides is 2. The Kier molecular flexibility index (Phi) is 5.65. The van der Waals surface area contributed by atoms with Crippen molar-refractivity contribution in [2.24, 2.45) is 0 Å². The van der Waals surface area contributed by atoms with Gasteiger partial charge in [0.15, 0.2) is 5.69 Å². The maximum absolute atomic E-state index is 12.8. The molecule has 3 heterocycles. The van der Waals surface area contributed by atoms with Gasteiger partial charge in [-0.05, 0) is 44.0 Å². The highest BCUT2D eigenvalue weighted by Gasteiger charge is 2.29. The summed E-state index contributed by atoms with van der Waals surface area (Å²) in [4.78, 5) is 29.0. The molecule has 1 saturated heterocycles. The Morgan fingerprint density at radius 3 is 2.57 bits per heavy atom. The molecule has 4 rings (SSSR count). The fraction of sp³-hybridized carbons (Fsp3) is 0.364. The average molecular weight is 406 g/mol. The number of piperidine rings is 1. The summed E-state index contributed by atoms with van der Waals surface area (Å²) in [5.41, 5.74) is 2.18. The van der Waals surface area contributed by atoms with Crippen LogP contribution in [0.4, 0.5) is 5.69 Å². The van der Waals surface area contributed by atoms with Crippen molar-refractivity contribution in [1.82, 2.24) is 24.9 Å². The molecule has 1 aliphatic heterocycles. The topological polar surface area (TPSA) is 87.1 Å². The summed E-state index contributed by atoms with van der Waals surface area (Å²) in [6, 6.07) is 12.9. The third-order valence-corrected chi connectivity index (χ3v) is 5.79. The number of nitrogens with one attached hydrogen (secondary N) is 1. The molecule has 1 aliphatic rings. The van der Waals surface area contributed by atoms with E-state index in [2.05, 4.69) is 15.3 Å². The van der Waals surface area contributed by atoms with Crippen molar-refractivity contribution in [2.45, 2.75) is 31.7 Å². The molecule has 3 aromatic rings. The van der Waals surface area contributed by atoms with Crippen LogP contribution in [0, 0.1) is 0 Å². The molecular weight excluding hydrogens is 380 g/mol. The molecule has 1 unspecified atom stereocenters. The van der Waals surface area contributed by atoms with Crippen LogP contribution in [0.5, 0.6) is 0 Å². The Morgan fingerprint density at radius 2 is 1.90 bits per heavy atom. The molecule has 8 heteroatoms. The van der Waals surface area contributed by atoms with Gasteiger partial charge in [0.05, 0.1) is 0 Å². The first-order valence-electron chi connectivity index (χ1n) is 10.2. The van der Waals surface area contributed by atoms with Crippen LogP contribution >= 0.6 is 0 Å². The van der Waals surface area contributed by atoms with E-state index < -0.39 is 0 Å². The fourth-order valence-electron chi connectivity index (χ4n) is 3.89. The average Bonchev–Trinajstić information content (AvgIpc) is 3.50. The molecule has 8 nitrogen and oxygen atoms in total. The van der Waals surface area contributed by atoms with Gasteiger partial charge in [0, 0.05) is 49.8 Å². The number of anilines is 1. The van der Waals surface area contributed by atoms with Crippen LogP contribution in [0.15, 0.2) is 54.9 Å². The van der Waals surface area contributed by atoms with Crippen LogP contribution in [0.25, 0.3) is 0 Å². The first-order valence-corrected chi connectivity index (χ1v) is 10.2. The third-order valence-electron chi connectivity index (χ3n) is 5.79. The molecular formula is C22H26N6O2. The van der Waals surface area contributed by atoms with Crippen molar-refractivity contribution in [1.29, 1.82) is 0 Å². The Hall–Kier alpha value is -3.42. The van der Waals surface area contributed by atoms with Gasteiger partial charge in [-0.1, -0.05) is 18.2 Å². The Balaban J connectivity index is 1.36. The number of carbonyl (C=O) groups is 2. The number of likely N-dealkylation sites (tertiary alicyclic amines) is 1. The molecule has 0 spiro atoms. The van der Waals surface area contributed by atoms with Crippen molar-refractivity contribution in [3.63, 3.8) is 0 Å². The van der Waals surface area contributed by atoms with E-state index in [1.165, 1.54) is 0 Å². The molecule has 0 aliphatic carbocycles. The molecule has 2 aromatic heterocycles. The maximum atomic E-state index is 12.8. The lowest BCUT2D eigenvalue weighted by Crippen LogP contribution is -2.41. The van der Waals surface area contributed by atoms with Crippen LogP contribution in [0.1, 0.15) is 47.9 Å². The van der Waals surface area contributed by atoms with Gasteiger partial charge in [-0.25, -0.2) is 0 Å². The van der Waals surface area contributed by atoms with Crippen LogP contribution in [0.2, 0.25) is 0 Å². The van der Waals surface area contributed by atoms with Crippen LogP contribution in [-0.4, -0.2) is 56.8 Å². The highest BCUT2D eigenvalue weighted by Crippen LogP contribution is 2.28. The first-order chi connectivity index (χ1) is 14.5. The Bertz CT molecular complexity index is 990. The monoisotopic (exact) mass is 406 g/mol. The number of nitrogens with zero attached hydrogens (tertiary/aromatic N) is 5. The van der Waals surface area contributed by atoms with E-state index in [4.69, 9.17) is 0 Å². The van der Waals surface area contributed by atoms with Crippen LogP contribution in [0.3, 0.4) is 0 Å². The second kappa shape index (κ2) is 8.52. The van der Waals surface area contributed by atoms with E-state index in [1.54, 1.807) is 22.8 Å². The van der Waals surface area contributed by atoms with E-state index >= 15 is 0 Å². The smallest absolute Gasteiger partial charge is 0.278 e. The zero-order valence-corrected chi connectivity index (χ0v) is 17.2. The molecule has 1 aromatic carbocycles. The summed E-state index contributed by atoms with van der Waals surface area (Å²) in [5, 5.41) is 11.5. The van der Waals surface area contributed by atoms with E-state index in [-0.39, 0.29) is 23.8 Å². The largest absolute Gasteiger partial charge is 0.341 e. The number of hydrogen-bond acceptors (Lipinski definition) is 4. The maximum Gasteiger partial charge on any atom is 0.278 e. The van der Waals surface area contributed by atoms with Crippen molar-refractivity contribution in [3.05, 3.63) is 66.2 Å². The third kappa shape index (κ3) is 3.98. The van der Waals surface area contributed by atoms with E-state index in [9.17, 15) is 9.59 Å². The molecule has 0 bridgehead atoms. The SMILES string of the molecule is CC(C(=O)N1CCC(c2cc(C(=O)N(C)c3ccccc3)n[nH]2)CC1)n1cccn1. The van der Waals surface area contributed by atoms with E-state index in [1.807, 2.05) is 60.5 Å². The number of carbonyl (C=O) groups excluding carboxylic acids is 2. The van der Waals surface area contributed by atoms with Gasteiger partial charge in [-0.2, -0.15) is 10.2 Å². The van der Waals surface area contributed by atoms with Gasteiger partial charge < -0.3 is 9.80 Å². The molecule has 0 saturated carbocycles. The molecule has 1 fully saturated rings. The van der Waals surface area contributed by atoms with Gasteiger partial charge in [0.1, 0.15) is 6.04 Å². The van der Waals surface area contributed by atoms with E-state index in [0.717, 1.165) is 24.2 Å². The van der Waals surface area contributed by atoms with E-state index in [0.29, 0.717) is 18.8 Å². The minimum Gasteiger partial charge on any atom is -0.341 e. The quantitative estimate of drug-likeness (QED) is 0.706. The van der Waals surface area contributed by atoms with Gasteiger partial charge in [0.25, 0.3) is 5.91 Å². The second-order valence-corrected chi connectivity index (χ2v) is 7.67. The minimum atomic E-state index is -0.304. The summed E-state index contributed by atoms with van der Waals surface area (Å²) in [5.74, 6) is 0.191. The number of para-hydroxylation sites is 1. The summed E-state index contributed by atoms with van der Waals surface area (Å²) in [6.45, 7) is 3.24. The Labute approximate surface area is 175 Å². The van der Waals surface area contributed by atoms with Crippen molar-refractivity contribution in [3.8, 4) is 0 Å². The molecule has 1 atom stereocenters. The standard InChI is InChI=1S/C22H26N6O2/c1-16(28-12-6-11-23-28)21(29)27-13-9-17(10-14-27)19-15-20(25-24-19)22(30)26(2)18-7-4-3-5-8-18/h3-8,11-12,15-17H,9-10,13-14H2,1-2H3,(H,24,25). The van der Waals surface area contributed by atoms with Gasteiger partial charge in [-0.3, -0.25) is 19.4 Å². The predicted molar refractivity (Wildman–Crippen MR) is 113 cm³/mol. The number of aromatic nitrogens is 4. The fourth-order valence-corrected chi connectivity index (χ4v) is 3.89. The minimum absolute atomic E-state index is 0.0853. The molecule has 2 amide bonds. The van der Waals surface area contributed by atoms with Crippen LogP contribution in [-0.2, 0) is 4.79 Å². The first kappa shape index (κ1) is 19.9. The number of H-pyrrole nitrogens is 1. The second-order valence-electron chi connectivity index (χ2n) is 7.67. The lowest BCUT2D eigenvalue weighted by Gasteiger charge is -2.33. The summed E-state index contributed by atoms with van der Waals surface area (Å²) >= 11 is 0. The summed E-state index contributed by atoms with van der Waals surface area (Å²) in [7, 11) is 1.75. The van der Waals surface area contributed by atoms with Gasteiger partial charge in [0.2, 0.25) is 5.91 Å². The van der Waals surface area contributed by atoms with Gasteiger partial charge >= 0.3 is 0 Å². The summed E-state index contributed by atoms with van der Waals surface area (Å²) < 4.78 is 1.68. The summed E-state index contributed by atoms with van der Waals surface area (Å²) in [6.07, 6.45) is 5.16. The predicted octanol–water partition coefficient (Wildman–Crippen LogP) is 2.85. The van der Waals surface area contributed by atoms with Gasteiger partial charge in [-0.15, -0.1) is 0 Å². The highest BCUT2D eigenvalue weighted by molar-refractivity contribution is 6.04. The zero-order valence-electron chi connectivity index (χ0n) is 17.2. The molecule has 1 N–H and O–H groups in total. The van der Waals surface area contributed by atoms with Crippen molar-refractivity contribution >= 4 is 17.5 Å². The number of rotatable bonds is 5. The van der Waals surface area contributed by atoms with Crippen molar-refractivity contribution < 1.29 is 9.59 Å². The molecule has 0 radical (unpaired) electrons. The number of aromatic amines is 1. The zero-order chi connectivity index (χ0) is 21.1. The lowest BCUT2D eigenvalue weighted by molar-refractivity contribution is -0.135. The normalized spacial score (nSPS) is 15.7. The Morgan fingerprint density at radius 1 is 1.17 bits per heavy atom. The van der Waals surface area contributed by atoms with Crippen LogP contribution < -0.4 is 4.90 Å².